The smallest absolute Gasteiger partial charge is 0.323 e. The van der Waals surface area contributed by atoms with E-state index in [9.17, 15) is 18.7 Å². The van der Waals surface area contributed by atoms with Crippen LogP contribution in [0.4, 0.5) is 8.78 Å². The molecule has 0 aromatic heterocycles. The lowest BCUT2D eigenvalue weighted by atomic mass is 9.91. The minimum Gasteiger partial charge on any atom is -0.488 e. The summed E-state index contributed by atoms with van der Waals surface area (Å²) in [4.78, 5) is 11.2. The van der Waals surface area contributed by atoms with Gasteiger partial charge in [0.15, 0.2) is 17.4 Å². The molecule has 1 unspecified atom stereocenters. The first-order chi connectivity index (χ1) is 9.46. The molecule has 2 N–H and O–H groups in total. The fraction of sp³-hybridized carbons (Fsp3) is 0.500. The average molecular weight is 287 g/mol. The number of nitrogens with one attached hydrogen (secondary N) is 1. The number of carboxylic acids is 1. The third-order valence-electron chi connectivity index (χ3n) is 3.40. The maximum Gasteiger partial charge on any atom is 0.323 e. The van der Waals surface area contributed by atoms with Crippen LogP contribution in [0.2, 0.25) is 0 Å². The highest BCUT2D eigenvalue weighted by atomic mass is 19.1. The van der Waals surface area contributed by atoms with E-state index in [1.807, 2.05) is 0 Å². The van der Waals surface area contributed by atoms with Crippen LogP contribution in [0.15, 0.2) is 18.2 Å². The molecule has 0 amide bonds. The van der Waals surface area contributed by atoms with Gasteiger partial charge in [-0.3, -0.25) is 4.79 Å². The number of aliphatic carboxylic acids is 1. The maximum atomic E-state index is 13.3. The quantitative estimate of drug-likeness (QED) is 0.722. The second-order valence-electron chi connectivity index (χ2n) is 4.49. The van der Waals surface area contributed by atoms with Crippen molar-refractivity contribution in [1.82, 2.24) is 5.32 Å². The lowest BCUT2D eigenvalue weighted by Crippen LogP contribution is -2.50. The summed E-state index contributed by atoms with van der Waals surface area (Å²) in [6.07, 6.45) is 1.09. The minimum absolute atomic E-state index is 0.0502. The van der Waals surface area contributed by atoms with E-state index in [4.69, 9.17) is 4.74 Å². The zero-order valence-electron chi connectivity index (χ0n) is 11.6. The Morgan fingerprint density at radius 2 is 2.00 bits per heavy atom. The van der Waals surface area contributed by atoms with E-state index < -0.39 is 28.9 Å². The Bertz CT molecular complexity index is 441. The van der Waals surface area contributed by atoms with Crippen molar-refractivity contribution >= 4 is 5.97 Å². The van der Waals surface area contributed by atoms with Gasteiger partial charge in [0.2, 0.25) is 0 Å². The average Bonchev–Trinajstić information content (AvgIpc) is 2.42. The maximum absolute atomic E-state index is 13.3. The summed E-state index contributed by atoms with van der Waals surface area (Å²) in [5, 5.41) is 12.0. The number of para-hydroxylation sites is 1. The predicted molar refractivity (Wildman–Crippen MR) is 70.8 cm³/mol. The Hall–Kier alpha value is -1.69. The van der Waals surface area contributed by atoms with Crippen LogP contribution >= 0.6 is 0 Å². The van der Waals surface area contributed by atoms with Crippen molar-refractivity contribution in [1.29, 1.82) is 0 Å². The van der Waals surface area contributed by atoms with Gasteiger partial charge >= 0.3 is 5.97 Å². The molecule has 0 aliphatic carbocycles. The summed E-state index contributed by atoms with van der Waals surface area (Å²) in [6.45, 7) is 1.82. The fourth-order valence-electron chi connectivity index (χ4n) is 2.01. The highest BCUT2D eigenvalue weighted by Crippen LogP contribution is 2.22. The van der Waals surface area contributed by atoms with Gasteiger partial charge in [0.05, 0.1) is 6.61 Å². The number of carboxylic acid groups (broad SMARTS) is 1. The number of hydrogen-bond acceptors (Lipinski definition) is 3. The summed E-state index contributed by atoms with van der Waals surface area (Å²) < 4.78 is 31.7. The normalized spacial score (nSPS) is 13.8. The van der Waals surface area contributed by atoms with E-state index in [1.165, 1.54) is 6.07 Å². The molecule has 0 spiro atoms. The van der Waals surface area contributed by atoms with Gasteiger partial charge in [0.1, 0.15) is 5.54 Å². The van der Waals surface area contributed by atoms with E-state index in [0.29, 0.717) is 19.3 Å². The SMILES string of the molecule is CCC(CCCOc1c(F)cccc1F)(NC)C(=O)O. The molecule has 112 valence electrons. The molecule has 0 radical (unpaired) electrons. The predicted octanol–water partition coefficient (Wildman–Crippen LogP) is 2.58. The molecule has 0 heterocycles. The Labute approximate surface area is 116 Å². The largest absolute Gasteiger partial charge is 0.488 e. The van der Waals surface area contributed by atoms with Crippen LogP contribution in [0, 0.1) is 11.6 Å². The van der Waals surface area contributed by atoms with Crippen molar-refractivity contribution in [2.75, 3.05) is 13.7 Å². The molecule has 0 aliphatic rings. The van der Waals surface area contributed by atoms with Crippen molar-refractivity contribution in [2.45, 2.75) is 31.7 Å². The monoisotopic (exact) mass is 287 g/mol. The molecule has 1 aromatic carbocycles. The van der Waals surface area contributed by atoms with Gasteiger partial charge in [-0.1, -0.05) is 13.0 Å². The van der Waals surface area contributed by atoms with Crippen molar-refractivity contribution < 1.29 is 23.4 Å². The molecule has 0 saturated carbocycles. The van der Waals surface area contributed by atoms with Crippen LogP contribution in [0.5, 0.6) is 5.75 Å². The van der Waals surface area contributed by atoms with Gasteiger partial charge in [-0.25, -0.2) is 8.78 Å². The zero-order valence-corrected chi connectivity index (χ0v) is 11.6. The molecule has 0 fully saturated rings. The molecule has 1 rings (SSSR count). The Morgan fingerprint density at radius 3 is 2.45 bits per heavy atom. The number of hydrogen-bond donors (Lipinski definition) is 2. The first kappa shape index (κ1) is 16.4. The lowest BCUT2D eigenvalue weighted by molar-refractivity contribution is -0.145. The summed E-state index contributed by atoms with van der Waals surface area (Å²) in [6, 6.07) is 3.48. The number of carbonyl (C=O) groups is 1. The van der Waals surface area contributed by atoms with E-state index in [1.54, 1.807) is 14.0 Å². The van der Waals surface area contributed by atoms with Crippen LogP contribution in [-0.2, 0) is 4.79 Å². The molecule has 4 nitrogen and oxygen atoms in total. The summed E-state index contributed by atoms with van der Waals surface area (Å²) >= 11 is 0. The Morgan fingerprint density at radius 1 is 1.40 bits per heavy atom. The number of ether oxygens (including phenoxy) is 1. The second-order valence-corrected chi connectivity index (χ2v) is 4.49. The van der Waals surface area contributed by atoms with E-state index >= 15 is 0 Å². The molecular weight excluding hydrogens is 268 g/mol. The molecule has 6 heteroatoms. The first-order valence-electron chi connectivity index (χ1n) is 6.46. The highest BCUT2D eigenvalue weighted by Gasteiger charge is 2.34. The van der Waals surface area contributed by atoms with E-state index in [-0.39, 0.29) is 6.61 Å². The topological polar surface area (TPSA) is 58.6 Å². The van der Waals surface area contributed by atoms with Gasteiger partial charge in [-0.15, -0.1) is 0 Å². The van der Waals surface area contributed by atoms with Crippen molar-refractivity contribution in [3.8, 4) is 5.75 Å². The molecule has 20 heavy (non-hydrogen) atoms. The van der Waals surface area contributed by atoms with Gasteiger partial charge in [-0.2, -0.15) is 0 Å². The first-order valence-corrected chi connectivity index (χ1v) is 6.46. The van der Waals surface area contributed by atoms with Gasteiger partial charge in [0.25, 0.3) is 0 Å². The molecule has 0 saturated heterocycles. The van der Waals surface area contributed by atoms with Crippen LogP contribution < -0.4 is 10.1 Å². The summed E-state index contributed by atoms with van der Waals surface area (Å²) in [5.74, 6) is -2.90. The molecule has 0 aliphatic heterocycles. The third kappa shape index (κ3) is 3.66. The Balaban J connectivity index is 2.55. The second kappa shape index (κ2) is 7.19. The summed E-state index contributed by atoms with van der Waals surface area (Å²) in [5.41, 5.74) is -1.03. The molecular formula is C14H19F2NO3. The van der Waals surface area contributed by atoms with Crippen LogP contribution in [0.3, 0.4) is 0 Å². The number of rotatable bonds is 8. The van der Waals surface area contributed by atoms with E-state index in [0.717, 1.165) is 12.1 Å². The molecule has 0 bridgehead atoms. The number of likely N-dealkylation sites (N-methyl/N-ethyl adjacent to an activating group) is 1. The van der Waals surface area contributed by atoms with E-state index in [2.05, 4.69) is 5.32 Å². The minimum atomic E-state index is -1.03. The van der Waals surface area contributed by atoms with Crippen molar-refractivity contribution in [3.05, 3.63) is 29.8 Å². The fourth-order valence-corrected chi connectivity index (χ4v) is 2.01. The zero-order chi connectivity index (χ0) is 15.2. The van der Waals surface area contributed by atoms with Gasteiger partial charge in [0, 0.05) is 0 Å². The Kier molecular flexibility index (Phi) is 5.88. The summed E-state index contributed by atoms with van der Waals surface area (Å²) in [7, 11) is 1.58. The number of halogens is 2. The highest BCUT2D eigenvalue weighted by molar-refractivity contribution is 5.78. The van der Waals surface area contributed by atoms with Crippen LogP contribution in [-0.4, -0.2) is 30.3 Å². The standard InChI is InChI=1S/C14H19F2NO3/c1-3-14(17-2,13(18)19)8-5-9-20-12-10(15)6-4-7-11(12)16/h4,6-7,17H,3,5,8-9H2,1-2H3,(H,18,19). The molecule has 1 atom stereocenters. The number of benzene rings is 1. The van der Waals surface area contributed by atoms with Crippen LogP contribution in [0.25, 0.3) is 0 Å². The lowest BCUT2D eigenvalue weighted by Gasteiger charge is -2.27. The third-order valence-corrected chi connectivity index (χ3v) is 3.40. The molecule has 1 aromatic rings. The van der Waals surface area contributed by atoms with Gasteiger partial charge < -0.3 is 15.2 Å². The van der Waals surface area contributed by atoms with Crippen molar-refractivity contribution in [2.24, 2.45) is 0 Å². The van der Waals surface area contributed by atoms with Crippen molar-refractivity contribution in [3.63, 3.8) is 0 Å². The van der Waals surface area contributed by atoms with Gasteiger partial charge in [-0.05, 0) is 38.4 Å². The van der Waals surface area contributed by atoms with Crippen LogP contribution in [0.1, 0.15) is 26.2 Å².